The maximum atomic E-state index is 11.0. The Balaban J connectivity index is 1.90. The molecule has 1 fully saturated rings. The van der Waals surface area contributed by atoms with Crippen molar-refractivity contribution in [3.63, 3.8) is 0 Å². The Morgan fingerprint density at radius 3 is 2.95 bits per heavy atom. The molecule has 1 aromatic carbocycles. The van der Waals surface area contributed by atoms with Gasteiger partial charge in [0.1, 0.15) is 12.7 Å². The summed E-state index contributed by atoms with van der Waals surface area (Å²) in [5, 5.41) is 13.1. The average molecular weight is 257 g/mol. The fraction of sp³-hybridized carbons (Fsp3) is 0.357. The molecule has 1 heterocycles. The number of aliphatic carboxylic acids is 1. The van der Waals surface area contributed by atoms with Gasteiger partial charge < -0.3 is 5.11 Å². The fourth-order valence-corrected chi connectivity index (χ4v) is 2.48. The smallest absolute Gasteiger partial charge is 0.303 e. The molecule has 1 unspecified atom stereocenters. The summed E-state index contributed by atoms with van der Waals surface area (Å²) in [6.07, 6.45) is 5.59. The molecular formula is C14H15N3O2. The Kier molecular flexibility index (Phi) is 3.03. The number of carboxylic acid groups (broad SMARTS) is 1. The van der Waals surface area contributed by atoms with E-state index in [1.54, 1.807) is 11.0 Å². The van der Waals surface area contributed by atoms with Crippen LogP contribution in [0.3, 0.4) is 0 Å². The summed E-state index contributed by atoms with van der Waals surface area (Å²) in [4.78, 5) is 14.9. The molecule has 5 heteroatoms. The number of aromatic nitrogens is 3. The lowest BCUT2D eigenvalue weighted by atomic mass is 9.91. The predicted molar refractivity (Wildman–Crippen MR) is 69.1 cm³/mol. The van der Waals surface area contributed by atoms with E-state index in [0.29, 0.717) is 5.92 Å². The van der Waals surface area contributed by atoms with Crippen LogP contribution in [0.1, 0.15) is 30.7 Å². The SMILES string of the molecule is O=C(O)CC(c1cccc(-n2cncn2)c1)C1CC1. The van der Waals surface area contributed by atoms with Crippen molar-refractivity contribution in [2.75, 3.05) is 0 Å². The summed E-state index contributed by atoms with van der Waals surface area (Å²) in [5.41, 5.74) is 2.00. The second-order valence-electron chi connectivity index (χ2n) is 4.98. The van der Waals surface area contributed by atoms with E-state index in [9.17, 15) is 4.79 Å². The van der Waals surface area contributed by atoms with Crippen molar-refractivity contribution in [1.82, 2.24) is 14.8 Å². The van der Waals surface area contributed by atoms with E-state index >= 15 is 0 Å². The van der Waals surface area contributed by atoms with Crippen molar-refractivity contribution >= 4 is 5.97 Å². The number of benzene rings is 1. The Bertz CT molecular complexity index is 576. The Labute approximate surface area is 110 Å². The molecule has 0 saturated heterocycles. The van der Waals surface area contributed by atoms with Crippen LogP contribution in [0.15, 0.2) is 36.9 Å². The Morgan fingerprint density at radius 2 is 2.32 bits per heavy atom. The van der Waals surface area contributed by atoms with Gasteiger partial charge in [0, 0.05) is 0 Å². The van der Waals surface area contributed by atoms with Crippen molar-refractivity contribution in [3.8, 4) is 5.69 Å². The van der Waals surface area contributed by atoms with Crippen molar-refractivity contribution in [3.05, 3.63) is 42.5 Å². The van der Waals surface area contributed by atoms with E-state index in [1.165, 1.54) is 6.33 Å². The van der Waals surface area contributed by atoms with Crippen LogP contribution in [0.5, 0.6) is 0 Å². The van der Waals surface area contributed by atoms with Gasteiger partial charge in [-0.2, -0.15) is 5.10 Å². The van der Waals surface area contributed by atoms with Crippen LogP contribution in [0.25, 0.3) is 5.69 Å². The van der Waals surface area contributed by atoms with Crippen LogP contribution in [-0.4, -0.2) is 25.8 Å². The second kappa shape index (κ2) is 4.84. The van der Waals surface area contributed by atoms with E-state index in [-0.39, 0.29) is 12.3 Å². The highest BCUT2D eigenvalue weighted by atomic mass is 16.4. The van der Waals surface area contributed by atoms with Gasteiger partial charge in [0.15, 0.2) is 0 Å². The van der Waals surface area contributed by atoms with Gasteiger partial charge in [-0.1, -0.05) is 12.1 Å². The van der Waals surface area contributed by atoms with Gasteiger partial charge >= 0.3 is 5.97 Å². The number of carbonyl (C=O) groups is 1. The molecule has 19 heavy (non-hydrogen) atoms. The lowest BCUT2D eigenvalue weighted by Crippen LogP contribution is -2.09. The topological polar surface area (TPSA) is 68.0 Å². The minimum atomic E-state index is -0.733. The maximum Gasteiger partial charge on any atom is 0.303 e. The Morgan fingerprint density at radius 1 is 1.47 bits per heavy atom. The van der Waals surface area contributed by atoms with E-state index in [1.807, 2.05) is 24.3 Å². The molecule has 0 aliphatic heterocycles. The third kappa shape index (κ3) is 2.65. The van der Waals surface area contributed by atoms with Crippen LogP contribution >= 0.6 is 0 Å². The standard InChI is InChI=1S/C14H15N3O2/c18-14(19)7-13(10-4-5-10)11-2-1-3-12(6-11)17-9-15-8-16-17/h1-3,6,8-10,13H,4-5,7H2,(H,18,19). The van der Waals surface area contributed by atoms with Crippen LogP contribution in [0.2, 0.25) is 0 Å². The van der Waals surface area contributed by atoms with E-state index in [2.05, 4.69) is 10.1 Å². The van der Waals surface area contributed by atoms with Gasteiger partial charge in [-0.3, -0.25) is 4.79 Å². The molecule has 1 N–H and O–H groups in total. The van der Waals surface area contributed by atoms with Crippen LogP contribution in [-0.2, 0) is 4.79 Å². The number of carboxylic acids is 1. The second-order valence-corrected chi connectivity index (χ2v) is 4.98. The van der Waals surface area contributed by atoms with Gasteiger partial charge in [-0.05, 0) is 42.4 Å². The largest absolute Gasteiger partial charge is 0.481 e. The first-order chi connectivity index (χ1) is 9.24. The lowest BCUT2D eigenvalue weighted by Gasteiger charge is -2.15. The van der Waals surface area contributed by atoms with Gasteiger partial charge in [-0.15, -0.1) is 0 Å². The zero-order chi connectivity index (χ0) is 13.2. The maximum absolute atomic E-state index is 11.0. The number of nitrogens with zero attached hydrogens (tertiary/aromatic N) is 3. The average Bonchev–Trinajstić information content (AvgIpc) is 3.09. The van der Waals surface area contributed by atoms with Crippen LogP contribution < -0.4 is 0 Å². The van der Waals surface area contributed by atoms with Crippen molar-refractivity contribution in [1.29, 1.82) is 0 Å². The Hall–Kier alpha value is -2.17. The van der Waals surface area contributed by atoms with Crippen molar-refractivity contribution in [2.24, 2.45) is 5.92 Å². The quantitative estimate of drug-likeness (QED) is 0.891. The zero-order valence-corrected chi connectivity index (χ0v) is 10.4. The molecule has 3 rings (SSSR count). The third-order valence-corrected chi connectivity index (χ3v) is 3.57. The van der Waals surface area contributed by atoms with E-state index in [4.69, 9.17) is 5.11 Å². The highest BCUT2D eigenvalue weighted by Gasteiger charge is 2.33. The molecule has 1 saturated carbocycles. The first kappa shape index (κ1) is 11.9. The monoisotopic (exact) mass is 257 g/mol. The summed E-state index contributed by atoms with van der Waals surface area (Å²) < 4.78 is 1.69. The first-order valence-electron chi connectivity index (χ1n) is 6.41. The zero-order valence-electron chi connectivity index (χ0n) is 10.4. The number of hydrogen-bond donors (Lipinski definition) is 1. The minimum Gasteiger partial charge on any atom is -0.481 e. The summed E-state index contributed by atoms with van der Waals surface area (Å²) in [7, 11) is 0. The highest BCUT2D eigenvalue weighted by molar-refractivity contribution is 5.68. The van der Waals surface area contributed by atoms with E-state index < -0.39 is 5.97 Å². The van der Waals surface area contributed by atoms with E-state index in [0.717, 1.165) is 24.1 Å². The van der Waals surface area contributed by atoms with Crippen molar-refractivity contribution in [2.45, 2.75) is 25.2 Å². The molecule has 0 amide bonds. The normalized spacial score (nSPS) is 16.2. The van der Waals surface area contributed by atoms with Crippen molar-refractivity contribution < 1.29 is 9.90 Å². The van der Waals surface area contributed by atoms with Gasteiger partial charge in [0.25, 0.3) is 0 Å². The molecule has 1 aliphatic carbocycles. The molecule has 1 aliphatic rings. The molecule has 0 radical (unpaired) electrons. The summed E-state index contributed by atoms with van der Waals surface area (Å²) in [5.74, 6) is -0.105. The molecule has 5 nitrogen and oxygen atoms in total. The first-order valence-corrected chi connectivity index (χ1v) is 6.41. The molecule has 0 bridgehead atoms. The highest BCUT2D eigenvalue weighted by Crippen LogP contribution is 2.44. The van der Waals surface area contributed by atoms with Crippen LogP contribution in [0, 0.1) is 5.92 Å². The predicted octanol–water partition coefficient (Wildman–Crippen LogP) is 2.24. The molecule has 1 atom stereocenters. The number of rotatable bonds is 5. The third-order valence-electron chi connectivity index (χ3n) is 3.57. The summed E-state index contributed by atoms with van der Waals surface area (Å²) >= 11 is 0. The molecular weight excluding hydrogens is 242 g/mol. The lowest BCUT2D eigenvalue weighted by molar-refractivity contribution is -0.137. The minimum absolute atomic E-state index is 0.112. The van der Waals surface area contributed by atoms with Gasteiger partial charge in [-0.25, -0.2) is 9.67 Å². The molecule has 1 aromatic heterocycles. The van der Waals surface area contributed by atoms with Gasteiger partial charge in [0.2, 0.25) is 0 Å². The molecule has 0 spiro atoms. The number of hydrogen-bond acceptors (Lipinski definition) is 3. The van der Waals surface area contributed by atoms with Gasteiger partial charge in [0.05, 0.1) is 12.1 Å². The summed E-state index contributed by atoms with van der Waals surface area (Å²) in [6.45, 7) is 0. The summed E-state index contributed by atoms with van der Waals surface area (Å²) in [6, 6.07) is 7.92. The fourth-order valence-electron chi connectivity index (χ4n) is 2.48. The van der Waals surface area contributed by atoms with Crippen LogP contribution in [0.4, 0.5) is 0 Å². The molecule has 98 valence electrons. The molecule has 2 aromatic rings.